The van der Waals surface area contributed by atoms with E-state index in [0.29, 0.717) is 5.57 Å². The minimum Gasteiger partial charge on any atom is -0.457 e. The number of carbonyl (C=O) groups is 2. The summed E-state index contributed by atoms with van der Waals surface area (Å²) >= 11 is 1.51. The van der Waals surface area contributed by atoms with Crippen LogP contribution in [-0.2, 0) is 14.3 Å². The number of hydrogen-bond donors (Lipinski definition) is 2. The summed E-state index contributed by atoms with van der Waals surface area (Å²) in [5, 5.41) is 24.3. The quantitative estimate of drug-likeness (QED) is 0.432. The predicted octanol–water partition coefficient (Wildman–Crippen LogP) is 4.99. The Bertz CT molecular complexity index is 995. The third-order valence-corrected chi connectivity index (χ3v) is 7.55. The number of nitrogens with zero attached hydrogens (tertiary/aromatic N) is 1. The van der Waals surface area contributed by atoms with E-state index < -0.39 is 47.7 Å². The number of aliphatic hydroxyl groups is 2. The molecule has 2 heterocycles. The second kappa shape index (κ2) is 12.2. The molecule has 0 amide bonds. The zero-order chi connectivity index (χ0) is 26.5. The highest BCUT2D eigenvalue weighted by atomic mass is 32.1. The Morgan fingerprint density at radius 1 is 1.23 bits per heavy atom. The number of aryl methyl sites for hydroxylation is 1. The van der Waals surface area contributed by atoms with Crippen LogP contribution in [0.2, 0.25) is 0 Å². The maximum absolute atomic E-state index is 14.8. The van der Waals surface area contributed by atoms with Crippen LogP contribution >= 0.6 is 11.3 Å². The van der Waals surface area contributed by atoms with Crippen LogP contribution < -0.4 is 0 Å². The van der Waals surface area contributed by atoms with Crippen molar-refractivity contribution < 1.29 is 28.9 Å². The lowest BCUT2D eigenvalue weighted by Crippen LogP contribution is -2.45. The van der Waals surface area contributed by atoms with Gasteiger partial charge in [-0.25, -0.2) is 9.37 Å². The van der Waals surface area contributed by atoms with Gasteiger partial charge in [-0.3, -0.25) is 9.59 Å². The molecule has 35 heavy (non-hydrogen) atoms. The van der Waals surface area contributed by atoms with Gasteiger partial charge in [0.05, 0.1) is 34.7 Å². The number of cyclic esters (lactones) is 1. The summed E-state index contributed by atoms with van der Waals surface area (Å²) in [6, 6.07) is 0. The summed E-state index contributed by atoms with van der Waals surface area (Å²) < 4.78 is 20.5. The fourth-order valence-electron chi connectivity index (χ4n) is 4.02. The van der Waals surface area contributed by atoms with Crippen molar-refractivity contribution in [2.45, 2.75) is 85.8 Å². The van der Waals surface area contributed by atoms with Crippen LogP contribution in [0.4, 0.5) is 4.39 Å². The molecule has 2 N–H and O–H groups in total. The van der Waals surface area contributed by atoms with E-state index in [-0.39, 0.29) is 18.6 Å². The molecule has 0 unspecified atom stereocenters. The number of allylic oxidation sites excluding steroid dienone is 2. The molecular weight excluding hydrogens is 469 g/mol. The van der Waals surface area contributed by atoms with E-state index in [4.69, 9.17) is 4.74 Å². The van der Waals surface area contributed by atoms with Crippen LogP contribution in [0.5, 0.6) is 0 Å². The number of carbonyl (C=O) groups excluding carboxylic acids is 2. The van der Waals surface area contributed by atoms with Crippen molar-refractivity contribution in [2.24, 2.45) is 17.3 Å². The number of ketones is 1. The topological polar surface area (TPSA) is 96.7 Å². The van der Waals surface area contributed by atoms with Gasteiger partial charge in [0.15, 0.2) is 0 Å². The van der Waals surface area contributed by atoms with Gasteiger partial charge in [-0.05, 0) is 38.0 Å². The molecule has 6 nitrogen and oxygen atoms in total. The Labute approximate surface area is 211 Å². The van der Waals surface area contributed by atoms with Crippen molar-refractivity contribution in [3.63, 3.8) is 0 Å². The second-order valence-corrected chi connectivity index (χ2v) is 11.1. The van der Waals surface area contributed by atoms with E-state index in [9.17, 15) is 24.2 Å². The van der Waals surface area contributed by atoms with Crippen LogP contribution in [0.25, 0.3) is 6.08 Å². The number of rotatable bonds is 2. The molecule has 0 spiro atoms. The van der Waals surface area contributed by atoms with Crippen molar-refractivity contribution in [2.75, 3.05) is 0 Å². The van der Waals surface area contributed by atoms with Gasteiger partial charge in [-0.1, -0.05) is 45.9 Å². The van der Waals surface area contributed by atoms with Gasteiger partial charge < -0.3 is 14.9 Å². The van der Waals surface area contributed by atoms with Crippen LogP contribution in [0, 0.1) is 24.2 Å². The summed E-state index contributed by atoms with van der Waals surface area (Å²) in [6.07, 6.45) is 1.88. The van der Waals surface area contributed by atoms with Crippen molar-refractivity contribution in [1.29, 1.82) is 0 Å². The molecule has 1 aliphatic heterocycles. The lowest BCUT2D eigenvalue weighted by atomic mass is 9.73. The Hall–Kier alpha value is -2.16. The van der Waals surface area contributed by atoms with Gasteiger partial charge in [-0.2, -0.15) is 0 Å². The first kappa shape index (κ1) is 29.1. The zero-order valence-electron chi connectivity index (χ0n) is 21.6. The monoisotopic (exact) mass is 507 g/mol. The first-order valence-corrected chi connectivity index (χ1v) is 12.8. The van der Waals surface area contributed by atoms with E-state index in [1.165, 1.54) is 17.4 Å². The number of halogens is 1. The van der Waals surface area contributed by atoms with E-state index in [1.807, 2.05) is 25.3 Å². The van der Waals surface area contributed by atoms with Crippen LogP contribution in [-0.4, -0.2) is 51.4 Å². The fraction of sp³-hybridized carbons (Fsp3) is 0.593. The smallest absolute Gasteiger partial charge is 0.309 e. The summed E-state index contributed by atoms with van der Waals surface area (Å²) in [6.45, 7) is 11.8. The second-order valence-electron chi connectivity index (χ2n) is 10.1. The first-order valence-electron chi connectivity index (χ1n) is 11.9. The highest BCUT2D eigenvalue weighted by Gasteiger charge is 2.42. The molecule has 0 bridgehead atoms. The van der Waals surface area contributed by atoms with Gasteiger partial charge in [0.1, 0.15) is 18.1 Å². The number of Topliss-reactive ketones (excluding diaryl/α,β-unsaturated/α-hetero) is 1. The molecule has 0 saturated carbocycles. The number of alkyl halides is 1. The largest absolute Gasteiger partial charge is 0.457 e. The van der Waals surface area contributed by atoms with E-state index >= 15 is 0 Å². The van der Waals surface area contributed by atoms with Gasteiger partial charge in [-0.15, -0.1) is 11.3 Å². The minimum absolute atomic E-state index is 0.241. The van der Waals surface area contributed by atoms with E-state index in [1.54, 1.807) is 46.8 Å². The van der Waals surface area contributed by atoms with Crippen LogP contribution in [0.3, 0.4) is 0 Å². The van der Waals surface area contributed by atoms with E-state index in [2.05, 4.69) is 4.98 Å². The Morgan fingerprint density at radius 2 is 1.89 bits per heavy atom. The summed E-state index contributed by atoms with van der Waals surface area (Å²) in [5.41, 5.74) is 0.625. The van der Waals surface area contributed by atoms with Crippen molar-refractivity contribution in [1.82, 2.24) is 4.98 Å². The molecule has 1 aromatic heterocycles. The molecule has 6 atom stereocenters. The molecule has 1 aromatic rings. The number of ether oxygens (including phenoxy) is 1. The lowest BCUT2D eigenvalue weighted by Gasteiger charge is -2.34. The van der Waals surface area contributed by atoms with Crippen molar-refractivity contribution >= 4 is 29.2 Å². The molecule has 8 heteroatoms. The number of aromatic nitrogens is 1. The molecule has 0 saturated heterocycles. The number of esters is 1. The highest BCUT2D eigenvalue weighted by molar-refractivity contribution is 7.09. The minimum atomic E-state index is -1.39. The maximum atomic E-state index is 14.8. The SMILES string of the molecule is C/C1=C/C[C@@H](/C(C)=C/c2csc(C)n2)OC(=O)C[C@H](O)C(C)(C)C(=O)[C@H](C)[C@@H](O)[C@@H](C)/C=C/[C@@H]1F. The lowest BCUT2D eigenvalue weighted by molar-refractivity contribution is -0.154. The molecule has 0 aromatic carbocycles. The molecule has 1 aliphatic rings. The maximum Gasteiger partial charge on any atom is 0.309 e. The number of aliphatic hydroxyl groups excluding tert-OH is 2. The van der Waals surface area contributed by atoms with Gasteiger partial charge in [0.25, 0.3) is 0 Å². The van der Waals surface area contributed by atoms with E-state index in [0.717, 1.165) is 16.3 Å². The molecule has 0 aliphatic carbocycles. The van der Waals surface area contributed by atoms with Crippen molar-refractivity contribution in [3.05, 3.63) is 45.5 Å². The highest BCUT2D eigenvalue weighted by Crippen LogP contribution is 2.32. The first-order chi connectivity index (χ1) is 16.2. The third-order valence-electron chi connectivity index (χ3n) is 6.76. The fourth-order valence-corrected chi connectivity index (χ4v) is 4.59. The van der Waals surface area contributed by atoms with Gasteiger partial charge >= 0.3 is 5.97 Å². The number of hydrogen-bond acceptors (Lipinski definition) is 7. The Kier molecular flexibility index (Phi) is 10.1. The molecular formula is C27H38FNO5S. The average molecular weight is 508 g/mol. The Balaban J connectivity index is 2.43. The predicted molar refractivity (Wildman–Crippen MR) is 137 cm³/mol. The molecule has 2 rings (SSSR count). The Morgan fingerprint density at radius 3 is 2.49 bits per heavy atom. The summed E-state index contributed by atoms with van der Waals surface area (Å²) in [4.78, 5) is 30.4. The third kappa shape index (κ3) is 7.66. The summed E-state index contributed by atoms with van der Waals surface area (Å²) in [5.74, 6) is -2.35. The molecule has 194 valence electrons. The summed E-state index contributed by atoms with van der Waals surface area (Å²) in [7, 11) is 0. The van der Waals surface area contributed by atoms with Gasteiger partial charge in [0.2, 0.25) is 0 Å². The van der Waals surface area contributed by atoms with Crippen molar-refractivity contribution in [3.8, 4) is 0 Å². The van der Waals surface area contributed by atoms with Gasteiger partial charge in [0, 0.05) is 23.6 Å². The molecule has 0 fully saturated rings. The standard InChI is InChI=1S/C27H38FNO5S/c1-15-9-11-22(17(3)12-20-14-35-19(5)29-20)34-24(31)13-23(30)27(6,7)26(33)18(4)25(32)16(2)8-10-21(15)28/h8-10,12,14,16,18,21-23,25,30,32H,11,13H2,1-7H3/b10-8+,15-9-,17-12+/t16-,18+,21-,22-,23-,25-/m0/s1. The van der Waals surface area contributed by atoms with Crippen LogP contribution in [0.15, 0.2) is 34.8 Å². The van der Waals surface area contributed by atoms with Crippen LogP contribution in [0.1, 0.15) is 65.1 Å². The number of thiazole rings is 1. The average Bonchev–Trinajstić information content (AvgIpc) is 3.21. The molecule has 0 radical (unpaired) electrons. The normalized spacial score (nSPS) is 34.1. The zero-order valence-corrected chi connectivity index (χ0v) is 22.4.